The zero-order valence-corrected chi connectivity index (χ0v) is 11.3. The van der Waals surface area contributed by atoms with Gasteiger partial charge in [0.1, 0.15) is 6.04 Å². The molecule has 1 fully saturated rings. The molecule has 0 aromatic carbocycles. The first-order chi connectivity index (χ1) is 7.90. The van der Waals surface area contributed by atoms with Gasteiger partial charge in [0.2, 0.25) is 0 Å². The predicted octanol–water partition coefficient (Wildman–Crippen LogP) is 0.0735. The quantitative estimate of drug-likeness (QED) is 0.716. The van der Waals surface area contributed by atoms with Gasteiger partial charge in [0.15, 0.2) is 0 Å². The van der Waals surface area contributed by atoms with Crippen LogP contribution in [0.25, 0.3) is 0 Å². The Morgan fingerprint density at radius 2 is 2.12 bits per heavy atom. The van der Waals surface area contributed by atoms with Gasteiger partial charge in [-0.05, 0) is 14.0 Å². The second-order valence-electron chi connectivity index (χ2n) is 5.30. The number of rotatable bonds is 5. The third-order valence-electron chi connectivity index (χ3n) is 3.32. The Kier molecular flexibility index (Phi) is 5.36. The maximum atomic E-state index is 11.2. The standard InChI is InChI=1S/C12H25N3O2/c1-9(2)13-11(12(16)17)8-15-6-5-14(4)10(3)7-15/h9-11,13H,5-8H2,1-4H3,(H,16,17). The molecule has 0 bridgehead atoms. The number of hydrogen-bond donors (Lipinski definition) is 2. The first kappa shape index (κ1) is 14.4. The van der Waals surface area contributed by atoms with Gasteiger partial charge in [0.05, 0.1) is 0 Å². The zero-order valence-electron chi connectivity index (χ0n) is 11.3. The minimum Gasteiger partial charge on any atom is -0.480 e. The lowest BCUT2D eigenvalue weighted by Crippen LogP contribution is -2.55. The number of carboxylic acid groups (broad SMARTS) is 1. The lowest BCUT2D eigenvalue weighted by molar-refractivity contribution is -0.140. The molecule has 0 radical (unpaired) electrons. The molecule has 1 aliphatic heterocycles. The van der Waals surface area contributed by atoms with Gasteiger partial charge in [0, 0.05) is 38.3 Å². The fraction of sp³-hybridized carbons (Fsp3) is 0.917. The monoisotopic (exact) mass is 243 g/mol. The normalized spacial score (nSPS) is 25.1. The van der Waals surface area contributed by atoms with Crippen LogP contribution < -0.4 is 5.32 Å². The summed E-state index contributed by atoms with van der Waals surface area (Å²) in [6.45, 7) is 9.62. The molecule has 1 saturated heterocycles. The Bertz CT molecular complexity index is 258. The number of piperazine rings is 1. The largest absolute Gasteiger partial charge is 0.480 e. The minimum atomic E-state index is -0.759. The second-order valence-corrected chi connectivity index (χ2v) is 5.30. The summed E-state index contributed by atoms with van der Waals surface area (Å²) in [5.74, 6) is -0.759. The number of nitrogens with zero attached hydrogens (tertiary/aromatic N) is 2. The lowest BCUT2D eigenvalue weighted by Gasteiger charge is -2.38. The molecule has 0 amide bonds. The van der Waals surface area contributed by atoms with Crippen molar-refractivity contribution in [3.05, 3.63) is 0 Å². The molecular weight excluding hydrogens is 218 g/mol. The van der Waals surface area contributed by atoms with Crippen LogP contribution in [-0.4, -0.2) is 72.2 Å². The average molecular weight is 243 g/mol. The van der Waals surface area contributed by atoms with Gasteiger partial charge in [-0.15, -0.1) is 0 Å². The smallest absolute Gasteiger partial charge is 0.322 e. The van der Waals surface area contributed by atoms with Crippen LogP contribution in [-0.2, 0) is 4.79 Å². The highest BCUT2D eigenvalue weighted by Crippen LogP contribution is 2.07. The Labute approximate surface area is 104 Å². The van der Waals surface area contributed by atoms with E-state index in [1.807, 2.05) is 13.8 Å². The van der Waals surface area contributed by atoms with E-state index < -0.39 is 12.0 Å². The van der Waals surface area contributed by atoms with E-state index in [1.165, 1.54) is 0 Å². The van der Waals surface area contributed by atoms with Gasteiger partial charge in [-0.3, -0.25) is 9.69 Å². The number of carboxylic acids is 1. The molecule has 2 N–H and O–H groups in total. The number of aliphatic carboxylic acids is 1. The first-order valence-electron chi connectivity index (χ1n) is 6.31. The van der Waals surface area contributed by atoms with Gasteiger partial charge in [-0.2, -0.15) is 0 Å². The first-order valence-corrected chi connectivity index (χ1v) is 6.31. The Hall–Kier alpha value is -0.650. The molecule has 2 atom stereocenters. The predicted molar refractivity (Wildman–Crippen MR) is 68.2 cm³/mol. The Balaban J connectivity index is 2.47. The van der Waals surface area contributed by atoms with Gasteiger partial charge < -0.3 is 15.3 Å². The van der Waals surface area contributed by atoms with E-state index >= 15 is 0 Å². The van der Waals surface area contributed by atoms with Crippen molar-refractivity contribution in [1.82, 2.24) is 15.1 Å². The fourth-order valence-electron chi connectivity index (χ4n) is 2.15. The van der Waals surface area contributed by atoms with Crippen LogP contribution in [0, 0.1) is 0 Å². The number of hydrogen-bond acceptors (Lipinski definition) is 4. The van der Waals surface area contributed by atoms with Crippen LogP contribution in [0.3, 0.4) is 0 Å². The van der Waals surface area contributed by atoms with Gasteiger partial charge in [-0.25, -0.2) is 0 Å². The second kappa shape index (κ2) is 6.33. The molecule has 0 spiro atoms. The van der Waals surface area contributed by atoms with Crippen molar-refractivity contribution < 1.29 is 9.90 Å². The van der Waals surface area contributed by atoms with Crippen molar-refractivity contribution in [2.24, 2.45) is 0 Å². The number of nitrogens with one attached hydrogen (secondary N) is 1. The summed E-state index contributed by atoms with van der Waals surface area (Å²) in [5.41, 5.74) is 0. The van der Waals surface area contributed by atoms with E-state index in [9.17, 15) is 9.90 Å². The molecule has 1 rings (SSSR count). The molecular formula is C12H25N3O2. The van der Waals surface area contributed by atoms with Crippen molar-refractivity contribution in [1.29, 1.82) is 0 Å². The summed E-state index contributed by atoms with van der Waals surface area (Å²) in [5, 5.41) is 12.3. The van der Waals surface area contributed by atoms with Gasteiger partial charge in [-0.1, -0.05) is 13.8 Å². The maximum Gasteiger partial charge on any atom is 0.322 e. The summed E-state index contributed by atoms with van der Waals surface area (Å²) in [6, 6.07) is 0.226. The van der Waals surface area contributed by atoms with Crippen LogP contribution in [0.2, 0.25) is 0 Å². The summed E-state index contributed by atoms with van der Waals surface area (Å²) < 4.78 is 0. The molecule has 17 heavy (non-hydrogen) atoms. The topological polar surface area (TPSA) is 55.8 Å². The number of likely N-dealkylation sites (N-methyl/N-ethyl adjacent to an activating group) is 1. The van der Waals surface area contributed by atoms with Crippen molar-refractivity contribution in [2.45, 2.75) is 38.9 Å². The number of carbonyl (C=O) groups is 1. The molecule has 1 heterocycles. The molecule has 0 saturated carbocycles. The molecule has 100 valence electrons. The molecule has 0 aromatic heterocycles. The molecule has 0 aromatic rings. The van der Waals surface area contributed by atoms with Crippen molar-refractivity contribution >= 4 is 5.97 Å². The summed E-state index contributed by atoms with van der Waals surface area (Å²) in [7, 11) is 2.11. The van der Waals surface area contributed by atoms with E-state index in [0.717, 1.165) is 19.6 Å². The SMILES string of the molecule is CC(C)NC(CN1CCN(C)C(C)C1)C(=O)O. The van der Waals surface area contributed by atoms with E-state index in [0.29, 0.717) is 12.6 Å². The fourth-order valence-corrected chi connectivity index (χ4v) is 2.15. The van der Waals surface area contributed by atoms with Crippen LogP contribution in [0.5, 0.6) is 0 Å². The highest BCUT2D eigenvalue weighted by molar-refractivity contribution is 5.73. The highest BCUT2D eigenvalue weighted by Gasteiger charge is 2.26. The van der Waals surface area contributed by atoms with E-state index in [-0.39, 0.29) is 6.04 Å². The van der Waals surface area contributed by atoms with E-state index in [2.05, 4.69) is 29.1 Å². The van der Waals surface area contributed by atoms with Crippen LogP contribution in [0.1, 0.15) is 20.8 Å². The molecule has 5 heteroatoms. The molecule has 5 nitrogen and oxygen atoms in total. The summed E-state index contributed by atoms with van der Waals surface area (Å²) in [6.07, 6.45) is 0. The van der Waals surface area contributed by atoms with Gasteiger partial charge >= 0.3 is 5.97 Å². The van der Waals surface area contributed by atoms with Crippen LogP contribution in [0.15, 0.2) is 0 Å². The average Bonchev–Trinajstić information content (AvgIpc) is 2.21. The van der Waals surface area contributed by atoms with Gasteiger partial charge in [0.25, 0.3) is 0 Å². The minimum absolute atomic E-state index is 0.195. The maximum absolute atomic E-state index is 11.2. The Morgan fingerprint density at radius 3 is 2.59 bits per heavy atom. The summed E-state index contributed by atoms with van der Waals surface area (Å²) >= 11 is 0. The van der Waals surface area contributed by atoms with Crippen molar-refractivity contribution in [3.63, 3.8) is 0 Å². The lowest BCUT2D eigenvalue weighted by atomic mass is 10.1. The molecule has 1 aliphatic rings. The summed E-state index contributed by atoms with van der Waals surface area (Å²) in [4.78, 5) is 15.7. The molecule has 0 aliphatic carbocycles. The van der Waals surface area contributed by atoms with Crippen molar-refractivity contribution in [2.75, 3.05) is 33.2 Å². The third-order valence-corrected chi connectivity index (χ3v) is 3.32. The Morgan fingerprint density at radius 1 is 1.47 bits per heavy atom. The third kappa shape index (κ3) is 4.61. The molecule has 2 unspecified atom stereocenters. The van der Waals surface area contributed by atoms with Crippen LogP contribution in [0.4, 0.5) is 0 Å². The zero-order chi connectivity index (χ0) is 13.0. The van der Waals surface area contributed by atoms with Crippen LogP contribution >= 0.6 is 0 Å². The van der Waals surface area contributed by atoms with Crippen molar-refractivity contribution in [3.8, 4) is 0 Å². The van der Waals surface area contributed by atoms with E-state index in [1.54, 1.807) is 0 Å². The highest BCUT2D eigenvalue weighted by atomic mass is 16.4. The van der Waals surface area contributed by atoms with E-state index in [4.69, 9.17) is 0 Å².